The first-order chi connectivity index (χ1) is 19.8. The van der Waals surface area contributed by atoms with Crippen LogP contribution >= 0.6 is 0 Å². The molecule has 0 saturated heterocycles. The Hall–Kier alpha value is -3.94. The predicted molar refractivity (Wildman–Crippen MR) is 157 cm³/mol. The summed E-state index contributed by atoms with van der Waals surface area (Å²) in [5, 5.41) is 19.2. The van der Waals surface area contributed by atoms with Crippen molar-refractivity contribution in [1.29, 1.82) is 0 Å². The summed E-state index contributed by atoms with van der Waals surface area (Å²) in [4.78, 5) is 28.4. The summed E-state index contributed by atoms with van der Waals surface area (Å²) in [5.74, 6) is -0.203. The zero-order valence-electron chi connectivity index (χ0n) is 24.5. The highest BCUT2D eigenvalue weighted by Gasteiger charge is 2.36. The van der Waals surface area contributed by atoms with Gasteiger partial charge < -0.3 is 29.9 Å². The van der Waals surface area contributed by atoms with Gasteiger partial charge in [-0.1, -0.05) is 35.8 Å². The Morgan fingerprint density at radius 3 is 2.48 bits per heavy atom. The molecule has 0 bridgehead atoms. The van der Waals surface area contributed by atoms with E-state index < -0.39 is 28.2 Å². The second-order valence-electron chi connectivity index (χ2n) is 10.7. The van der Waals surface area contributed by atoms with E-state index in [1.54, 1.807) is 68.1 Å². The summed E-state index contributed by atoms with van der Waals surface area (Å²) >= 11 is 0. The average molecular weight is 600 g/mol. The molecule has 1 aromatic heterocycles. The number of ether oxygens (including phenoxy) is 1. The molecule has 12 nitrogen and oxygen atoms in total. The lowest BCUT2D eigenvalue weighted by molar-refractivity contribution is 0.0389. The van der Waals surface area contributed by atoms with E-state index in [0.29, 0.717) is 17.1 Å². The monoisotopic (exact) mass is 599 g/mol. The fraction of sp³-hybridized carbons (Fsp3) is 0.414. The summed E-state index contributed by atoms with van der Waals surface area (Å²) in [5.41, 5.74) is 2.24. The summed E-state index contributed by atoms with van der Waals surface area (Å²) < 4.78 is 39.6. The molecule has 2 aromatic carbocycles. The molecule has 0 spiro atoms. The molecular formula is C29H37N5O7S. The van der Waals surface area contributed by atoms with Crippen molar-refractivity contribution in [1.82, 2.24) is 14.4 Å². The highest BCUT2D eigenvalue weighted by atomic mass is 32.2. The number of nitrogens with one attached hydrogen (secondary N) is 2. The molecule has 42 heavy (non-hydrogen) atoms. The molecule has 0 unspecified atom stereocenters. The minimum atomic E-state index is -3.85. The quantitative estimate of drug-likeness (QED) is 0.353. The zero-order chi connectivity index (χ0) is 30.8. The fourth-order valence-electron chi connectivity index (χ4n) is 4.73. The SMILES string of the molecule is Cc1ccc(S(=O)(=O)N(C)C[C@@H]2Oc3c(NC(=O)Nc4c(C)noc4C)cccc3C(=O)N([C@@H](C)CO)C[C@H]2C)cc1. The second-order valence-corrected chi connectivity index (χ2v) is 12.7. The van der Waals surface area contributed by atoms with Crippen LogP contribution in [0.3, 0.4) is 0 Å². The van der Waals surface area contributed by atoms with Gasteiger partial charge in [-0.3, -0.25) is 4.79 Å². The van der Waals surface area contributed by atoms with Crippen molar-refractivity contribution < 1.29 is 32.4 Å². The van der Waals surface area contributed by atoms with Crippen molar-refractivity contribution >= 4 is 33.3 Å². The summed E-state index contributed by atoms with van der Waals surface area (Å²) in [6.07, 6.45) is -0.718. The standard InChI is InChI=1S/C29H37N5O7S/c1-17-10-12-22(13-11-17)42(38,39)33(6)15-25-18(2)14-34(19(3)16-35)28(36)23-8-7-9-24(27(23)40-25)30-29(37)31-26-20(4)32-41-21(26)5/h7-13,18-19,25,35H,14-16H2,1-6H3,(H2,30,31,37)/t18-,19+,25+/m1/s1. The van der Waals surface area contributed by atoms with Gasteiger partial charge >= 0.3 is 6.03 Å². The Kier molecular flexibility index (Phi) is 9.24. The molecular weight excluding hydrogens is 562 g/mol. The van der Waals surface area contributed by atoms with E-state index in [2.05, 4.69) is 15.8 Å². The van der Waals surface area contributed by atoms with Gasteiger partial charge in [0.2, 0.25) is 10.0 Å². The van der Waals surface area contributed by atoms with E-state index in [9.17, 15) is 23.1 Å². The zero-order valence-corrected chi connectivity index (χ0v) is 25.4. The van der Waals surface area contributed by atoms with Crippen molar-refractivity contribution in [3.63, 3.8) is 0 Å². The van der Waals surface area contributed by atoms with E-state index in [1.807, 2.05) is 13.8 Å². The molecule has 2 heterocycles. The normalized spacial score (nSPS) is 18.1. The van der Waals surface area contributed by atoms with E-state index in [1.165, 1.54) is 11.4 Å². The van der Waals surface area contributed by atoms with Gasteiger partial charge in [0.1, 0.15) is 17.5 Å². The average Bonchev–Trinajstić information content (AvgIpc) is 3.26. The number of hydrogen-bond donors (Lipinski definition) is 3. The van der Waals surface area contributed by atoms with Crippen LogP contribution in [0, 0.1) is 26.7 Å². The Labute approximate surface area is 245 Å². The number of amides is 3. The molecule has 3 amide bonds. The molecule has 3 aromatic rings. The Morgan fingerprint density at radius 2 is 1.86 bits per heavy atom. The highest BCUT2D eigenvalue weighted by Crippen LogP contribution is 2.35. The lowest BCUT2D eigenvalue weighted by Gasteiger charge is -2.38. The molecule has 226 valence electrons. The van der Waals surface area contributed by atoms with Crippen LogP contribution in [0.25, 0.3) is 0 Å². The number of rotatable bonds is 8. The van der Waals surface area contributed by atoms with Gasteiger partial charge in [-0.25, -0.2) is 13.2 Å². The van der Waals surface area contributed by atoms with Crippen LogP contribution in [0.5, 0.6) is 5.75 Å². The van der Waals surface area contributed by atoms with E-state index in [4.69, 9.17) is 9.26 Å². The Bertz CT molecular complexity index is 1540. The molecule has 1 aliphatic heterocycles. The number of benzene rings is 2. The van der Waals surface area contributed by atoms with Crippen molar-refractivity contribution in [3.05, 3.63) is 65.0 Å². The number of carbonyl (C=O) groups is 2. The maximum atomic E-state index is 13.7. The number of aryl methyl sites for hydroxylation is 3. The van der Waals surface area contributed by atoms with Crippen molar-refractivity contribution in [2.24, 2.45) is 5.92 Å². The van der Waals surface area contributed by atoms with Crippen LogP contribution in [0.1, 0.15) is 41.2 Å². The maximum Gasteiger partial charge on any atom is 0.323 e. The molecule has 3 N–H and O–H groups in total. The number of urea groups is 1. The number of aliphatic hydroxyl groups excluding tert-OH is 1. The van der Waals surface area contributed by atoms with Gasteiger partial charge in [0, 0.05) is 19.5 Å². The van der Waals surface area contributed by atoms with Crippen LogP contribution in [0.15, 0.2) is 51.9 Å². The molecule has 0 fully saturated rings. The maximum absolute atomic E-state index is 13.7. The summed E-state index contributed by atoms with van der Waals surface area (Å²) in [7, 11) is -2.37. The number of sulfonamides is 1. The van der Waals surface area contributed by atoms with Crippen molar-refractivity contribution in [2.45, 2.75) is 51.7 Å². The van der Waals surface area contributed by atoms with Crippen LogP contribution in [-0.4, -0.2) is 78.7 Å². The van der Waals surface area contributed by atoms with Crippen molar-refractivity contribution in [2.75, 3.05) is 37.4 Å². The van der Waals surface area contributed by atoms with Crippen LogP contribution in [0.2, 0.25) is 0 Å². The lowest BCUT2D eigenvalue weighted by Crippen LogP contribution is -2.50. The van der Waals surface area contributed by atoms with Crippen LogP contribution in [-0.2, 0) is 10.0 Å². The van der Waals surface area contributed by atoms with Gasteiger partial charge in [0.15, 0.2) is 11.5 Å². The van der Waals surface area contributed by atoms with Gasteiger partial charge in [0.25, 0.3) is 5.91 Å². The number of likely N-dealkylation sites (N-methyl/N-ethyl adjacent to an activating group) is 1. The number of anilines is 2. The number of aliphatic hydroxyl groups is 1. The first-order valence-electron chi connectivity index (χ1n) is 13.6. The van der Waals surface area contributed by atoms with Gasteiger partial charge in [0.05, 0.1) is 35.3 Å². The molecule has 4 rings (SSSR count). The minimum Gasteiger partial charge on any atom is -0.486 e. The van der Waals surface area contributed by atoms with E-state index in [0.717, 1.165) is 5.56 Å². The Balaban J connectivity index is 1.70. The first kappa shape index (κ1) is 31.0. The van der Waals surface area contributed by atoms with Crippen molar-refractivity contribution in [3.8, 4) is 5.75 Å². The molecule has 0 aliphatic carbocycles. The van der Waals surface area contributed by atoms with Crippen LogP contribution < -0.4 is 15.4 Å². The number of nitrogens with zero attached hydrogens (tertiary/aromatic N) is 3. The third-order valence-electron chi connectivity index (χ3n) is 7.38. The van der Waals surface area contributed by atoms with E-state index in [-0.39, 0.29) is 53.4 Å². The minimum absolute atomic E-state index is 0.0358. The van der Waals surface area contributed by atoms with E-state index >= 15 is 0 Å². The second kappa shape index (κ2) is 12.5. The number of carbonyl (C=O) groups excluding carboxylic acids is 2. The van der Waals surface area contributed by atoms with Gasteiger partial charge in [-0.05, 0) is 52.0 Å². The molecule has 3 atom stereocenters. The Morgan fingerprint density at radius 1 is 1.17 bits per heavy atom. The lowest BCUT2D eigenvalue weighted by atomic mass is 9.99. The molecule has 0 radical (unpaired) electrons. The molecule has 0 saturated carbocycles. The third-order valence-corrected chi connectivity index (χ3v) is 9.22. The number of hydrogen-bond acceptors (Lipinski definition) is 8. The van der Waals surface area contributed by atoms with Crippen LogP contribution in [0.4, 0.5) is 16.2 Å². The van der Waals surface area contributed by atoms with Gasteiger partial charge in [-0.2, -0.15) is 4.31 Å². The predicted octanol–water partition coefficient (Wildman–Crippen LogP) is 3.78. The summed E-state index contributed by atoms with van der Waals surface area (Å²) in [6, 6.07) is 10.2. The number of para-hydroxylation sites is 1. The number of fused-ring (bicyclic) bond motifs is 1. The largest absolute Gasteiger partial charge is 0.486 e. The first-order valence-corrected chi connectivity index (χ1v) is 15.0. The molecule has 1 aliphatic rings. The molecule has 13 heteroatoms. The highest BCUT2D eigenvalue weighted by molar-refractivity contribution is 7.89. The van der Waals surface area contributed by atoms with Gasteiger partial charge in [-0.15, -0.1) is 0 Å². The fourth-order valence-corrected chi connectivity index (χ4v) is 5.91. The smallest absolute Gasteiger partial charge is 0.323 e. The topological polar surface area (TPSA) is 154 Å². The third kappa shape index (κ3) is 6.42. The summed E-state index contributed by atoms with van der Waals surface area (Å²) in [6.45, 7) is 8.73. The number of aromatic nitrogens is 1.